The summed E-state index contributed by atoms with van der Waals surface area (Å²) < 4.78 is 0. The van der Waals surface area contributed by atoms with Gasteiger partial charge in [-0.25, -0.2) is 9.89 Å². The fraction of sp³-hybridized carbons (Fsp3) is 0.500. The first kappa shape index (κ1) is 21.7. The summed E-state index contributed by atoms with van der Waals surface area (Å²) in [6, 6.07) is 10.2. The first-order chi connectivity index (χ1) is 14.3. The van der Waals surface area contributed by atoms with Gasteiger partial charge in [0.1, 0.15) is 5.82 Å². The Labute approximate surface area is 173 Å². The van der Waals surface area contributed by atoms with E-state index in [4.69, 9.17) is 9.90 Å². The minimum Gasteiger partial charge on any atom is -0.481 e. The number of carboxylic acids is 1. The summed E-state index contributed by atoms with van der Waals surface area (Å²) in [7, 11) is 0. The molecule has 1 aliphatic carbocycles. The number of carbonyl (C=O) groups excluding carboxylic acids is 1. The van der Waals surface area contributed by atoms with Crippen molar-refractivity contribution in [2.45, 2.75) is 31.8 Å². The van der Waals surface area contributed by atoms with Crippen molar-refractivity contribution in [1.82, 2.24) is 25.8 Å². The molecular formula is C20H27N5O5. The van der Waals surface area contributed by atoms with E-state index in [1.807, 2.05) is 18.2 Å². The molecule has 30 heavy (non-hydrogen) atoms. The van der Waals surface area contributed by atoms with E-state index in [2.05, 4.69) is 37.9 Å². The number of nitrogens with one attached hydrogen (secondary N) is 4. The zero-order valence-corrected chi connectivity index (χ0v) is 16.7. The van der Waals surface area contributed by atoms with E-state index in [1.165, 1.54) is 5.56 Å². The van der Waals surface area contributed by atoms with Crippen LogP contribution in [0.1, 0.15) is 30.7 Å². The molecule has 4 rings (SSSR count). The van der Waals surface area contributed by atoms with E-state index in [9.17, 15) is 14.7 Å². The number of rotatable bonds is 6. The summed E-state index contributed by atoms with van der Waals surface area (Å²) in [4.78, 5) is 34.7. The Hall–Kier alpha value is -2.98. The second-order valence-electron chi connectivity index (χ2n) is 7.70. The molecule has 2 heterocycles. The zero-order valence-electron chi connectivity index (χ0n) is 16.7. The number of carbonyl (C=O) groups is 2. The second kappa shape index (κ2) is 9.23. The Morgan fingerprint density at radius 2 is 2.00 bits per heavy atom. The van der Waals surface area contributed by atoms with E-state index in [0.717, 1.165) is 13.5 Å². The largest absolute Gasteiger partial charge is 0.481 e. The number of aliphatic carboxylic acids is 1. The Balaban J connectivity index is 0.000000589. The third kappa shape index (κ3) is 4.77. The molecule has 0 bridgehead atoms. The van der Waals surface area contributed by atoms with Gasteiger partial charge in [0.2, 0.25) is 5.91 Å². The molecule has 1 aromatic heterocycles. The van der Waals surface area contributed by atoms with Crippen LogP contribution in [0.2, 0.25) is 0 Å². The first-order valence-corrected chi connectivity index (χ1v) is 9.88. The lowest BCUT2D eigenvalue weighted by Gasteiger charge is -2.14. The molecule has 0 radical (unpaired) electrons. The normalized spacial score (nSPS) is 26.7. The second-order valence-corrected chi connectivity index (χ2v) is 7.70. The fourth-order valence-electron chi connectivity index (χ4n) is 4.45. The average molecular weight is 417 g/mol. The Morgan fingerprint density at radius 3 is 2.57 bits per heavy atom. The number of aliphatic hydroxyl groups excluding tert-OH is 1. The lowest BCUT2D eigenvalue weighted by Crippen LogP contribution is -2.30. The van der Waals surface area contributed by atoms with Crippen molar-refractivity contribution in [3.8, 4) is 0 Å². The molecule has 10 heteroatoms. The number of aliphatic hydroxyl groups is 1. The third-order valence-corrected chi connectivity index (χ3v) is 5.77. The van der Waals surface area contributed by atoms with Gasteiger partial charge in [0.25, 0.3) is 5.97 Å². The van der Waals surface area contributed by atoms with Crippen LogP contribution >= 0.6 is 0 Å². The highest BCUT2D eigenvalue weighted by atomic mass is 16.4. The van der Waals surface area contributed by atoms with Crippen molar-refractivity contribution in [2.24, 2.45) is 11.3 Å². The van der Waals surface area contributed by atoms with Gasteiger partial charge in [-0.1, -0.05) is 30.3 Å². The van der Waals surface area contributed by atoms with Crippen molar-refractivity contribution < 1.29 is 19.8 Å². The topological polar surface area (TPSA) is 160 Å². The minimum atomic E-state index is -0.833. The molecule has 2 fully saturated rings. The van der Waals surface area contributed by atoms with Gasteiger partial charge in [0.15, 0.2) is 0 Å². The highest BCUT2D eigenvalue weighted by molar-refractivity contribution is 5.76. The molecule has 4 atom stereocenters. The third-order valence-electron chi connectivity index (χ3n) is 5.77. The number of aromatic amines is 2. The number of aryl methyl sites for hydroxylation is 1. The predicted molar refractivity (Wildman–Crippen MR) is 108 cm³/mol. The SMILES string of the molecule is CC(=O)O.O=C(CCc1n[nH]c(=O)[nH]1)NC[C@H]1[C@H](c2ccccc2)[C@@]12CNC[C@H]2O. The number of aromatic nitrogens is 3. The summed E-state index contributed by atoms with van der Waals surface area (Å²) in [5, 5.41) is 30.3. The molecule has 162 valence electrons. The number of carboxylic acid groups (broad SMARTS) is 1. The van der Waals surface area contributed by atoms with Crippen molar-refractivity contribution in [2.75, 3.05) is 19.6 Å². The molecule has 1 amide bonds. The number of hydrogen-bond donors (Lipinski definition) is 6. The van der Waals surface area contributed by atoms with Crippen LogP contribution < -0.4 is 16.3 Å². The lowest BCUT2D eigenvalue weighted by molar-refractivity contribution is -0.134. The van der Waals surface area contributed by atoms with Crippen molar-refractivity contribution in [3.63, 3.8) is 0 Å². The van der Waals surface area contributed by atoms with Crippen LogP contribution in [0.4, 0.5) is 0 Å². The number of amides is 1. The molecule has 2 aromatic rings. The van der Waals surface area contributed by atoms with Gasteiger partial charge < -0.3 is 20.8 Å². The summed E-state index contributed by atoms with van der Waals surface area (Å²) >= 11 is 0. The monoisotopic (exact) mass is 417 g/mol. The fourth-order valence-corrected chi connectivity index (χ4v) is 4.45. The van der Waals surface area contributed by atoms with Crippen LogP contribution in [0.3, 0.4) is 0 Å². The van der Waals surface area contributed by atoms with Gasteiger partial charge in [-0.05, 0) is 17.4 Å². The van der Waals surface area contributed by atoms with Crippen LogP contribution in [0.15, 0.2) is 35.1 Å². The molecule has 1 aliphatic heterocycles. The highest BCUT2D eigenvalue weighted by Crippen LogP contribution is 2.67. The van der Waals surface area contributed by atoms with Gasteiger partial charge in [0, 0.05) is 44.8 Å². The maximum absolute atomic E-state index is 12.2. The standard InChI is InChI=1S/C18H23N5O3.C2H4O2/c24-13-9-19-10-18(13)12(16(18)11-4-2-1-3-5-11)8-20-15(25)7-6-14-21-17(26)23-22-14;1-2(3)4/h1-5,12-13,16,19,24H,6-10H2,(H,20,25)(H2,21,22,23,26);1H3,(H,3,4)/t12-,13+,16-,18-;/m0./s1. The van der Waals surface area contributed by atoms with Gasteiger partial charge in [-0.2, -0.15) is 5.10 Å². The Kier molecular flexibility index (Phi) is 6.68. The molecule has 2 aliphatic rings. The maximum atomic E-state index is 12.2. The van der Waals surface area contributed by atoms with Gasteiger partial charge in [0.05, 0.1) is 6.10 Å². The van der Waals surface area contributed by atoms with Crippen molar-refractivity contribution in [1.29, 1.82) is 0 Å². The molecule has 1 saturated carbocycles. The van der Waals surface area contributed by atoms with Crippen molar-refractivity contribution >= 4 is 11.9 Å². The minimum absolute atomic E-state index is 0.0804. The Bertz CT molecular complexity index is 923. The van der Waals surface area contributed by atoms with E-state index in [1.54, 1.807) is 0 Å². The number of nitrogens with zero attached hydrogens (tertiary/aromatic N) is 1. The molecule has 1 spiro atoms. The molecular weight excluding hydrogens is 390 g/mol. The summed E-state index contributed by atoms with van der Waals surface area (Å²) in [6.45, 7) is 2.98. The quantitative estimate of drug-likeness (QED) is 0.373. The summed E-state index contributed by atoms with van der Waals surface area (Å²) in [6.07, 6.45) is 0.244. The Morgan fingerprint density at radius 1 is 1.30 bits per heavy atom. The van der Waals surface area contributed by atoms with E-state index in [-0.39, 0.29) is 35.3 Å². The maximum Gasteiger partial charge on any atom is 0.340 e. The van der Waals surface area contributed by atoms with Gasteiger partial charge in [-0.15, -0.1) is 0 Å². The molecule has 6 N–H and O–H groups in total. The van der Waals surface area contributed by atoms with Crippen LogP contribution in [0, 0.1) is 11.3 Å². The number of β-amino-alcohol motifs (C(OH)–C–C–N with tert-alkyl or cyclic N) is 1. The molecule has 10 nitrogen and oxygen atoms in total. The van der Waals surface area contributed by atoms with Crippen LogP contribution in [0.5, 0.6) is 0 Å². The van der Waals surface area contributed by atoms with Crippen molar-refractivity contribution in [3.05, 3.63) is 52.2 Å². The number of hydrogen-bond acceptors (Lipinski definition) is 6. The zero-order chi connectivity index (χ0) is 21.7. The van der Waals surface area contributed by atoms with Gasteiger partial charge in [-0.3, -0.25) is 14.6 Å². The number of H-pyrrole nitrogens is 2. The summed E-state index contributed by atoms with van der Waals surface area (Å²) in [5.41, 5.74) is 0.652. The molecule has 0 unspecified atom stereocenters. The highest BCUT2D eigenvalue weighted by Gasteiger charge is 2.69. The number of benzene rings is 1. The van der Waals surface area contributed by atoms with Crippen LogP contribution in [0.25, 0.3) is 0 Å². The van der Waals surface area contributed by atoms with E-state index in [0.29, 0.717) is 25.3 Å². The first-order valence-electron chi connectivity index (χ1n) is 9.88. The smallest absolute Gasteiger partial charge is 0.340 e. The van der Waals surface area contributed by atoms with E-state index >= 15 is 0 Å². The average Bonchev–Trinajstić information content (AvgIpc) is 2.92. The predicted octanol–water partition coefficient (Wildman–Crippen LogP) is -0.398. The summed E-state index contributed by atoms with van der Waals surface area (Å²) in [5.74, 6) is 0.0227. The lowest BCUT2D eigenvalue weighted by atomic mass is 9.95. The van der Waals surface area contributed by atoms with Crippen LogP contribution in [-0.2, 0) is 16.0 Å². The van der Waals surface area contributed by atoms with Crippen LogP contribution in [-0.4, -0.2) is 63.0 Å². The van der Waals surface area contributed by atoms with Gasteiger partial charge >= 0.3 is 5.69 Å². The van der Waals surface area contributed by atoms with E-state index < -0.39 is 12.1 Å². The molecule has 1 saturated heterocycles. The molecule has 1 aromatic carbocycles.